The molecule has 1 heterocycles. The molecule has 0 aromatic heterocycles. The second kappa shape index (κ2) is 8.62. The largest absolute Gasteiger partial charge is 0.381 e. The summed E-state index contributed by atoms with van der Waals surface area (Å²) >= 11 is 0. The summed E-state index contributed by atoms with van der Waals surface area (Å²) in [5.74, 6) is 3.49. The van der Waals surface area contributed by atoms with Crippen LogP contribution in [-0.4, -0.2) is 50.3 Å². The molecule has 1 saturated carbocycles. The van der Waals surface area contributed by atoms with Crippen LogP contribution in [0.1, 0.15) is 46.5 Å². The lowest BCUT2D eigenvalue weighted by Gasteiger charge is -2.37. The van der Waals surface area contributed by atoms with E-state index in [2.05, 4.69) is 31.0 Å². The van der Waals surface area contributed by atoms with Gasteiger partial charge in [0, 0.05) is 39.4 Å². The van der Waals surface area contributed by atoms with E-state index in [1.165, 1.54) is 19.3 Å². The summed E-state index contributed by atoms with van der Waals surface area (Å²) in [4.78, 5) is 7.23. The van der Waals surface area contributed by atoms with Gasteiger partial charge in [-0.05, 0) is 50.4 Å². The number of piperidine rings is 1. The number of guanidine groups is 1. The van der Waals surface area contributed by atoms with Gasteiger partial charge in [0.15, 0.2) is 5.96 Å². The SMILES string of the molecule is CCNC(=NCCCOCC1CC1)N1CC(C)CC(C)C1. The van der Waals surface area contributed by atoms with Gasteiger partial charge in [-0.25, -0.2) is 0 Å². The average molecular weight is 295 g/mol. The predicted molar refractivity (Wildman–Crippen MR) is 88.7 cm³/mol. The molecule has 0 aromatic carbocycles. The summed E-state index contributed by atoms with van der Waals surface area (Å²) < 4.78 is 5.68. The third kappa shape index (κ3) is 6.25. The maximum atomic E-state index is 5.68. The Balaban J connectivity index is 1.71. The molecule has 21 heavy (non-hydrogen) atoms. The maximum absolute atomic E-state index is 5.68. The number of nitrogens with one attached hydrogen (secondary N) is 1. The summed E-state index contributed by atoms with van der Waals surface area (Å²) in [6.45, 7) is 12.7. The molecule has 2 unspecified atom stereocenters. The molecule has 1 aliphatic carbocycles. The monoisotopic (exact) mass is 295 g/mol. The zero-order valence-electron chi connectivity index (χ0n) is 14.1. The maximum Gasteiger partial charge on any atom is 0.193 e. The normalized spacial score (nSPS) is 27.0. The molecule has 1 N–H and O–H groups in total. The van der Waals surface area contributed by atoms with Crippen LogP contribution < -0.4 is 5.32 Å². The predicted octanol–water partition coefficient (Wildman–Crippen LogP) is 2.75. The lowest BCUT2D eigenvalue weighted by Crippen LogP contribution is -2.48. The summed E-state index contributed by atoms with van der Waals surface area (Å²) in [7, 11) is 0. The van der Waals surface area contributed by atoms with Crippen LogP contribution in [0.15, 0.2) is 4.99 Å². The van der Waals surface area contributed by atoms with Crippen molar-refractivity contribution < 1.29 is 4.74 Å². The molecule has 0 bridgehead atoms. The first kappa shape index (κ1) is 16.6. The van der Waals surface area contributed by atoms with E-state index in [9.17, 15) is 0 Å². The van der Waals surface area contributed by atoms with Gasteiger partial charge in [0.2, 0.25) is 0 Å². The fourth-order valence-corrected chi connectivity index (χ4v) is 3.15. The lowest BCUT2D eigenvalue weighted by atomic mass is 9.92. The molecule has 1 saturated heterocycles. The molecule has 4 heteroatoms. The number of hydrogen-bond acceptors (Lipinski definition) is 2. The molecular formula is C17H33N3O. The zero-order chi connectivity index (χ0) is 15.1. The number of rotatable bonds is 7. The molecule has 0 radical (unpaired) electrons. The molecule has 2 aliphatic rings. The van der Waals surface area contributed by atoms with Gasteiger partial charge in [-0.3, -0.25) is 4.99 Å². The molecule has 122 valence electrons. The Morgan fingerprint density at radius 1 is 1.24 bits per heavy atom. The molecule has 0 amide bonds. The van der Waals surface area contributed by atoms with E-state index in [0.29, 0.717) is 0 Å². The summed E-state index contributed by atoms with van der Waals surface area (Å²) in [6, 6.07) is 0. The van der Waals surface area contributed by atoms with E-state index in [-0.39, 0.29) is 0 Å². The first-order valence-corrected chi connectivity index (χ1v) is 8.80. The van der Waals surface area contributed by atoms with Crippen LogP contribution in [0, 0.1) is 17.8 Å². The van der Waals surface area contributed by atoms with E-state index in [1.807, 2.05) is 0 Å². The topological polar surface area (TPSA) is 36.9 Å². The molecule has 2 fully saturated rings. The van der Waals surface area contributed by atoms with Crippen molar-refractivity contribution in [1.82, 2.24) is 10.2 Å². The Labute approximate surface area is 130 Å². The minimum absolute atomic E-state index is 0.763. The Morgan fingerprint density at radius 3 is 2.57 bits per heavy atom. The average Bonchev–Trinajstić information content (AvgIpc) is 3.24. The van der Waals surface area contributed by atoms with Crippen molar-refractivity contribution in [3.63, 3.8) is 0 Å². The zero-order valence-corrected chi connectivity index (χ0v) is 14.1. The first-order chi connectivity index (χ1) is 10.2. The van der Waals surface area contributed by atoms with Gasteiger partial charge >= 0.3 is 0 Å². The van der Waals surface area contributed by atoms with Crippen molar-refractivity contribution in [3.8, 4) is 0 Å². The van der Waals surface area contributed by atoms with Crippen molar-refractivity contribution >= 4 is 5.96 Å². The van der Waals surface area contributed by atoms with Gasteiger partial charge in [-0.2, -0.15) is 0 Å². The van der Waals surface area contributed by atoms with Gasteiger partial charge in [-0.15, -0.1) is 0 Å². The van der Waals surface area contributed by atoms with Crippen LogP contribution in [0.25, 0.3) is 0 Å². The second-order valence-corrected chi connectivity index (χ2v) is 6.96. The van der Waals surface area contributed by atoms with Crippen LogP contribution in [0.3, 0.4) is 0 Å². The summed E-state index contributed by atoms with van der Waals surface area (Å²) in [6.07, 6.45) is 5.10. The Hall–Kier alpha value is -0.770. The number of hydrogen-bond donors (Lipinski definition) is 1. The van der Waals surface area contributed by atoms with Crippen molar-refractivity contribution in [2.45, 2.75) is 46.5 Å². The highest BCUT2D eigenvalue weighted by Crippen LogP contribution is 2.28. The molecule has 2 atom stereocenters. The second-order valence-electron chi connectivity index (χ2n) is 6.96. The highest BCUT2D eigenvalue weighted by atomic mass is 16.5. The highest BCUT2D eigenvalue weighted by Gasteiger charge is 2.24. The van der Waals surface area contributed by atoms with Crippen LogP contribution in [0.2, 0.25) is 0 Å². The number of ether oxygens (including phenoxy) is 1. The van der Waals surface area contributed by atoms with Crippen LogP contribution in [0.4, 0.5) is 0 Å². The van der Waals surface area contributed by atoms with E-state index < -0.39 is 0 Å². The molecular weight excluding hydrogens is 262 g/mol. The van der Waals surface area contributed by atoms with Crippen molar-refractivity contribution in [3.05, 3.63) is 0 Å². The first-order valence-electron chi connectivity index (χ1n) is 8.80. The molecule has 2 rings (SSSR count). The smallest absolute Gasteiger partial charge is 0.193 e. The minimum atomic E-state index is 0.763. The quantitative estimate of drug-likeness (QED) is 0.446. The Kier molecular flexibility index (Phi) is 6.81. The molecule has 0 spiro atoms. The van der Waals surface area contributed by atoms with Gasteiger partial charge in [0.05, 0.1) is 0 Å². The number of nitrogens with zero attached hydrogens (tertiary/aromatic N) is 2. The molecule has 4 nitrogen and oxygen atoms in total. The Bertz CT molecular complexity index is 318. The molecule has 1 aliphatic heterocycles. The Morgan fingerprint density at radius 2 is 1.95 bits per heavy atom. The lowest BCUT2D eigenvalue weighted by molar-refractivity contribution is 0.123. The van der Waals surface area contributed by atoms with E-state index in [0.717, 1.165) is 69.5 Å². The third-order valence-corrected chi connectivity index (χ3v) is 4.26. The van der Waals surface area contributed by atoms with Crippen LogP contribution in [-0.2, 0) is 4.74 Å². The van der Waals surface area contributed by atoms with Gasteiger partial charge in [-0.1, -0.05) is 13.8 Å². The highest BCUT2D eigenvalue weighted by molar-refractivity contribution is 5.80. The van der Waals surface area contributed by atoms with E-state index in [4.69, 9.17) is 9.73 Å². The van der Waals surface area contributed by atoms with Crippen LogP contribution in [0.5, 0.6) is 0 Å². The summed E-state index contributed by atoms with van der Waals surface area (Å²) in [5, 5.41) is 3.45. The van der Waals surface area contributed by atoms with Gasteiger partial charge < -0.3 is 15.0 Å². The molecule has 0 aromatic rings. The van der Waals surface area contributed by atoms with Gasteiger partial charge in [0.25, 0.3) is 0 Å². The minimum Gasteiger partial charge on any atom is -0.381 e. The van der Waals surface area contributed by atoms with Crippen LogP contribution >= 0.6 is 0 Å². The van der Waals surface area contributed by atoms with Gasteiger partial charge in [0.1, 0.15) is 0 Å². The van der Waals surface area contributed by atoms with Crippen molar-refractivity contribution in [2.24, 2.45) is 22.7 Å². The van der Waals surface area contributed by atoms with E-state index >= 15 is 0 Å². The fourth-order valence-electron chi connectivity index (χ4n) is 3.15. The van der Waals surface area contributed by atoms with Crippen molar-refractivity contribution in [1.29, 1.82) is 0 Å². The fraction of sp³-hybridized carbons (Fsp3) is 0.941. The van der Waals surface area contributed by atoms with E-state index in [1.54, 1.807) is 0 Å². The number of likely N-dealkylation sites (tertiary alicyclic amines) is 1. The summed E-state index contributed by atoms with van der Waals surface area (Å²) in [5.41, 5.74) is 0. The van der Waals surface area contributed by atoms with Crippen molar-refractivity contribution in [2.75, 3.05) is 39.4 Å². The third-order valence-electron chi connectivity index (χ3n) is 4.26. The number of aliphatic imine (C=N–C) groups is 1. The standard InChI is InChI=1S/C17H33N3O/c1-4-18-17(20-11-14(2)10-15(3)12-20)19-8-5-9-21-13-16-6-7-16/h14-16H,4-13H2,1-3H3,(H,18,19).